The molecular formula is C25H27N3O3. The number of amides is 1. The maximum absolute atomic E-state index is 13.2. The van der Waals surface area contributed by atoms with Gasteiger partial charge in [-0.25, -0.2) is 0 Å². The lowest BCUT2D eigenvalue weighted by Gasteiger charge is -2.28. The molecule has 2 heterocycles. The Morgan fingerprint density at radius 1 is 0.968 bits per heavy atom. The zero-order valence-electron chi connectivity index (χ0n) is 17.6. The van der Waals surface area contributed by atoms with Crippen molar-refractivity contribution < 1.29 is 14.1 Å². The molecule has 1 saturated carbocycles. The third kappa shape index (κ3) is 4.49. The molecule has 0 unspecified atom stereocenters. The number of rotatable bonds is 7. The number of aromatic nitrogens is 1. The molecule has 1 aliphatic heterocycles. The molecule has 1 aromatic heterocycles. The highest BCUT2D eigenvalue weighted by Gasteiger charge is 2.35. The Balaban J connectivity index is 1.50. The summed E-state index contributed by atoms with van der Waals surface area (Å²) >= 11 is 0. The quantitative estimate of drug-likeness (QED) is 0.579. The van der Waals surface area contributed by atoms with Crippen LogP contribution in [0.15, 0.2) is 65.2 Å². The highest BCUT2D eigenvalue weighted by Crippen LogP contribution is 2.36. The molecule has 31 heavy (non-hydrogen) atoms. The van der Waals surface area contributed by atoms with Crippen LogP contribution >= 0.6 is 0 Å². The predicted octanol–water partition coefficient (Wildman–Crippen LogP) is 4.12. The minimum atomic E-state index is 0.149. The van der Waals surface area contributed by atoms with Gasteiger partial charge in [0.15, 0.2) is 0 Å². The molecule has 0 atom stereocenters. The molecule has 0 radical (unpaired) electrons. The summed E-state index contributed by atoms with van der Waals surface area (Å²) in [5, 5.41) is 4.45. The first-order valence-corrected chi connectivity index (χ1v) is 11.0. The Bertz CT molecular complexity index is 1010. The van der Waals surface area contributed by atoms with E-state index >= 15 is 0 Å². The summed E-state index contributed by atoms with van der Waals surface area (Å²) in [6.45, 7) is 3.89. The fraction of sp³-hybridized carbons (Fsp3) is 0.360. The maximum atomic E-state index is 13.2. The molecule has 0 spiro atoms. The predicted molar refractivity (Wildman–Crippen MR) is 118 cm³/mol. The molecule has 2 aliphatic rings. The summed E-state index contributed by atoms with van der Waals surface area (Å²) in [7, 11) is 0. The molecule has 2 aromatic carbocycles. The van der Waals surface area contributed by atoms with Crippen molar-refractivity contribution >= 4 is 11.8 Å². The largest absolute Gasteiger partial charge is 0.378 e. The molecule has 160 valence electrons. The van der Waals surface area contributed by atoms with Crippen molar-refractivity contribution in [3.8, 4) is 11.3 Å². The van der Waals surface area contributed by atoms with Crippen LogP contribution < -0.4 is 4.90 Å². The van der Waals surface area contributed by atoms with E-state index in [0.29, 0.717) is 26.3 Å². The van der Waals surface area contributed by atoms with Crippen molar-refractivity contribution in [2.45, 2.75) is 25.9 Å². The van der Waals surface area contributed by atoms with Crippen LogP contribution in [0.3, 0.4) is 0 Å². The summed E-state index contributed by atoms with van der Waals surface area (Å²) in [6, 6.07) is 20.2. The number of benzene rings is 2. The van der Waals surface area contributed by atoms with Crippen LogP contribution in [0.25, 0.3) is 11.3 Å². The summed E-state index contributed by atoms with van der Waals surface area (Å²) in [5.74, 6) is 1.12. The Morgan fingerprint density at radius 3 is 2.32 bits per heavy atom. The number of hydrogen-bond acceptors (Lipinski definition) is 5. The van der Waals surface area contributed by atoms with Crippen molar-refractivity contribution in [1.82, 2.24) is 10.1 Å². The van der Waals surface area contributed by atoms with Gasteiger partial charge >= 0.3 is 0 Å². The Hall–Kier alpha value is -3.12. The number of ether oxygens (including phenoxy) is 1. The summed E-state index contributed by atoms with van der Waals surface area (Å²) in [6.07, 6.45) is 1.96. The summed E-state index contributed by atoms with van der Waals surface area (Å²) in [4.78, 5) is 17.4. The Kier molecular flexibility index (Phi) is 5.71. The van der Waals surface area contributed by atoms with Crippen molar-refractivity contribution in [2.24, 2.45) is 5.92 Å². The van der Waals surface area contributed by atoms with Gasteiger partial charge in [-0.2, -0.15) is 0 Å². The van der Waals surface area contributed by atoms with E-state index in [0.717, 1.165) is 54.2 Å². The minimum Gasteiger partial charge on any atom is -0.378 e. The molecule has 1 aliphatic carbocycles. The number of anilines is 1. The molecule has 6 heteroatoms. The summed E-state index contributed by atoms with van der Waals surface area (Å²) in [5.41, 5.74) is 3.91. The van der Waals surface area contributed by atoms with E-state index < -0.39 is 0 Å². The Morgan fingerprint density at radius 2 is 1.65 bits per heavy atom. The molecule has 6 nitrogen and oxygen atoms in total. The van der Waals surface area contributed by atoms with Gasteiger partial charge in [0, 0.05) is 31.1 Å². The second-order valence-electron chi connectivity index (χ2n) is 8.23. The van der Waals surface area contributed by atoms with E-state index in [2.05, 4.69) is 22.2 Å². The molecule has 0 bridgehead atoms. The lowest BCUT2D eigenvalue weighted by atomic mass is 10.1. The van der Waals surface area contributed by atoms with Gasteiger partial charge in [-0.1, -0.05) is 65.8 Å². The van der Waals surface area contributed by atoms with E-state index in [-0.39, 0.29) is 11.8 Å². The van der Waals surface area contributed by atoms with Gasteiger partial charge in [0.2, 0.25) is 11.8 Å². The maximum Gasteiger partial charge on any atom is 0.233 e. The van der Waals surface area contributed by atoms with Gasteiger partial charge in [-0.3, -0.25) is 4.79 Å². The van der Waals surface area contributed by atoms with Gasteiger partial charge in [0.1, 0.15) is 5.69 Å². The van der Waals surface area contributed by atoms with Gasteiger partial charge in [0.25, 0.3) is 0 Å². The molecule has 1 amide bonds. The standard InChI is InChI=1S/C25H27N3O3/c29-24(21-11-12-21)28(17-19-7-3-1-4-8-19)18-22-23(20-9-5-2-6-10-20)26-31-25(22)27-13-15-30-16-14-27/h1-10,21H,11-18H2. The fourth-order valence-corrected chi connectivity index (χ4v) is 4.08. The zero-order chi connectivity index (χ0) is 21.0. The van der Waals surface area contributed by atoms with Gasteiger partial charge in [-0.05, 0) is 18.4 Å². The normalized spacial score (nSPS) is 16.3. The van der Waals surface area contributed by atoms with Crippen molar-refractivity contribution in [2.75, 3.05) is 31.2 Å². The van der Waals surface area contributed by atoms with Crippen LogP contribution in [0, 0.1) is 5.92 Å². The molecule has 5 rings (SSSR count). The molecular weight excluding hydrogens is 390 g/mol. The van der Waals surface area contributed by atoms with Crippen molar-refractivity contribution in [3.63, 3.8) is 0 Å². The monoisotopic (exact) mass is 417 g/mol. The SMILES string of the molecule is O=C(C1CC1)N(Cc1ccccc1)Cc1c(-c2ccccc2)noc1N1CCOCC1. The number of carbonyl (C=O) groups excluding carboxylic acids is 1. The number of morpholine rings is 1. The molecule has 3 aromatic rings. The second-order valence-corrected chi connectivity index (χ2v) is 8.23. The fourth-order valence-electron chi connectivity index (χ4n) is 4.08. The van der Waals surface area contributed by atoms with Gasteiger partial charge in [-0.15, -0.1) is 0 Å². The van der Waals surface area contributed by atoms with Crippen molar-refractivity contribution in [1.29, 1.82) is 0 Å². The van der Waals surface area contributed by atoms with Gasteiger partial charge < -0.3 is 19.1 Å². The lowest BCUT2D eigenvalue weighted by molar-refractivity contribution is -0.133. The smallest absolute Gasteiger partial charge is 0.233 e. The van der Waals surface area contributed by atoms with E-state index in [4.69, 9.17) is 9.26 Å². The highest BCUT2D eigenvalue weighted by molar-refractivity contribution is 5.81. The molecule has 2 fully saturated rings. The first kappa shape index (κ1) is 19.8. The zero-order valence-corrected chi connectivity index (χ0v) is 17.6. The number of nitrogens with zero attached hydrogens (tertiary/aromatic N) is 3. The van der Waals surface area contributed by atoms with E-state index in [1.807, 2.05) is 53.4 Å². The van der Waals surface area contributed by atoms with Crippen LogP contribution in [0.1, 0.15) is 24.0 Å². The second kappa shape index (κ2) is 8.94. The highest BCUT2D eigenvalue weighted by atomic mass is 16.5. The van der Waals surface area contributed by atoms with Crippen LogP contribution in [-0.4, -0.2) is 42.3 Å². The number of carbonyl (C=O) groups is 1. The summed E-state index contributed by atoms with van der Waals surface area (Å²) < 4.78 is 11.4. The topological polar surface area (TPSA) is 58.8 Å². The van der Waals surface area contributed by atoms with E-state index in [9.17, 15) is 4.79 Å². The van der Waals surface area contributed by atoms with Crippen LogP contribution in [0.2, 0.25) is 0 Å². The Labute approximate surface area is 182 Å². The van der Waals surface area contributed by atoms with Gasteiger partial charge in [0.05, 0.1) is 25.3 Å². The van der Waals surface area contributed by atoms with E-state index in [1.54, 1.807) is 0 Å². The first-order chi connectivity index (χ1) is 15.3. The molecule has 0 N–H and O–H groups in total. The van der Waals surface area contributed by atoms with Crippen LogP contribution in [-0.2, 0) is 22.6 Å². The first-order valence-electron chi connectivity index (χ1n) is 11.0. The van der Waals surface area contributed by atoms with Crippen LogP contribution in [0.4, 0.5) is 5.88 Å². The lowest BCUT2D eigenvalue weighted by Crippen LogP contribution is -2.37. The van der Waals surface area contributed by atoms with E-state index in [1.165, 1.54) is 0 Å². The van der Waals surface area contributed by atoms with Crippen molar-refractivity contribution in [3.05, 3.63) is 71.8 Å². The third-order valence-electron chi connectivity index (χ3n) is 5.92. The molecule has 1 saturated heterocycles. The number of hydrogen-bond donors (Lipinski definition) is 0. The average Bonchev–Trinajstić information content (AvgIpc) is 3.60. The van der Waals surface area contributed by atoms with Crippen LogP contribution in [0.5, 0.6) is 0 Å². The minimum absolute atomic E-state index is 0.149. The average molecular weight is 418 g/mol. The third-order valence-corrected chi connectivity index (χ3v) is 5.92.